The summed E-state index contributed by atoms with van der Waals surface area (Å²) in [4.78, 5) is 18.8. The second kappa shape index (κ2) is 7.81. The molecule has 0 spiro atoms. The lowest BCUT2D eigenvalue weighted by Gasteiger charge is -2.28. The van der Waals surface area contributed by atoms with Crippen molar-refractivity contribution in [3.8, 4) is 0 Å². The number of rotatable bonds is 4. The number of hydrogen-bond acceptors (Lipinski definition) is 2. The molecule has 5 heteroatoms. The topological polar surface area (TPSA) is 45.2 Å². The largest absolute Gasteiger partial charge is 0.322 e. The summed E-state index contributed by atoms with van der Waals surface area (Å²) < 4.78 is 0. The van der Waals surface area contributed by atoms with Crippen LogP contribution in [0.1, 0.15) is 17.3 Å². The predicted molar refractivity (Wildman–Crippen MR) is 101 cm³/mol. The fourth-order valence-electron chi connectivity index (χ4n) is 2.63. The molecule has 0 aliphatic carbocycles. The molecule has 3 aromatic rings. The summed E-state index contributed by atoms with van der Waals surface area (Å²) in [6.07, 6.45) is 1.73. The molecule has 4 nitrogen and oxygen atoms in total. The SMILES string of the molecule is CN(C(=O)Nc1ccc(Cl)cc1)[C@@H](c1ccccc1)c1ccccn1. The summed E-state index contributed by atoms with van der Waals surface area (Å²) >= 11 is 5.89. The summed E-state index contributed by atoms with van der Waals surface area (Å²) in [5.74, 6) is 0. The number of nitrogens with zero attached hydrogens (tertiary/aromatic N) is 2. The number of carbonyl (C=O) groups is 1. The van der Waals surface area contributed by atoms with E-state index in [-0.39, 0.29) is 12.1 Å². The molecule has 2 amide bonds. The van der Waals surface area contributed by atoms with E-state index in [2.05, 4.69) is 10.3 Å². The van der Waals surface area contributed by atoms with Crippen LogP contribution in [0.4, 0.5) is 10.5 Å². The fraction of sp³-hybridized carbons (Fsp3) is 0.100. The number of pyridine rings is 1. The van der Waals surface area contributed by atoms with Crippen LogP contribution in [-0.4, -0.2) is 23.0 Å². The Balaban J connectivity index is 1.87. The van der Waals surface area contributed by atoms with Crippen molar-refractivity contribution in [3.63, 3.8) is 0 Å². The van der Waals surface area contributed by atoms with Gasteiger partial charge in [0.2, 0.25) is 0 Å². The van der Waals surface area contributed by atoms with Crippen molar-refractivity contribution < 1.29 is 4.79 Å². The number of halogens is 1. The highest BCUT2D eigenvalue weighted by atomic mass is 35.5. The van der Waals surface area contributed by atoms with Crippen LogP contribution >= 0.6 is 11.6 Å². The van der Waals surface area contributed by atoms with Crippen LogP contribution in [0, 0.1) is 0 Å². The Morgan fingerprint density at radius 3 is 2.32 bits per heavy atom. The summed E-state index contributed by atoms with van der Waals surface area (Å²) in [5, 5.41) is 3.52. The van der Waals surface area contributed by atoms with Crippen LogP contribution < -0.4 is 5.32 Å². The van der Waals surface area contributed by atoms with E-state index in [0.29, 0.717) is 10.7 Å². The number of aromatic nitrogens is 1. The van der Waals surface area contributed by atoms with Crippen LogP contribution in [-0.2, 0) is 0 Å². The van der Waals surface area contributed by atoms with Gasteiger partial charge in [-0.15, -0.1) is 0 Å². The third kappa shape index (κ3) is 4.17. The van der Waals surface area contributed by atoms with E-state index in [9.17, 15) is 4.79 Å². The number of amides is 2. The Morgan fingerprint density at radius 1 is 1.00 bits per heavy atom. The summed E-state index contributed by atoms with van der Waals surface area (Å²) in [7, 11) is 1.76. The average Bonchev–Trinajstić information content (AvgIpc) is 2.65. The predicted octanol–water partition coefficient (Wildman–Crippen LogP) is 4.99. The molecule has 0 aliphatic heterocycles. The van der Waals surface area contributed by atoms with E-state index in [4.69, 9.17) is 11.6 Å². The number of nitrogens with one attached hydrogen (secondary N) is 1. The zero-order valence-corrected chi connectivity index (χ0v) is 14.5. The van der Waals surface area contributed by atoms with Crippen molar-refractivity contribution in [1.82, 2.24) is 9.88 Å². The zero-order chi connectivity index (χ0) is 17.6. The molecule has 0 unspecified atom stereocenters. The smallest absolute Gasteiger partial charge is 0.315 e. The molecule has 0 saturated heterocycles. The van der Waals surface area contributed by atoms with Crippen molar-refractivity contribution in [2.45, 2.75) is 6.04 Å². The van der Waals surface area contributed by atoms with Crippen molar-refractivity contribution in [3.05, 3.63) is 95.3 Å². The summed E-state index contributed by atoms with van der Waals surface area (Å²) in [6.45, 7) is 0. The van der Waals surface area contributed by atoms with Gasteiger partial charge >= 0.3 is 6.03 Å². The highest BCUT2D eigenvalue weighted by Crippen LogP contribution is 2.26. The maximum absolute atomic E-state index is 12.7. The lowest BCUT2D eigenvalue weighted by Crippen LogP contribution is -2.35. The quantitative estimate of drug-likeness (QED) is 0.719. The number of urea groups is 1. The third-order valence-electron chi connectivity index (χ3n) is 3.89. The first kappa shape index (κ1) is 17.0. The van der Waals surface area contributed by atoms with Gasteiger partial charge in [0.25, 0.3) is 0 Å². The van der Waals surface area contributed by atoms with Gasteiger partial charge < -0.3 is 10.2 Å². The molecular weight excluding hydrogens is 334 g/mol. The maximum Gasteiger partial charge on any atom is 0.322 e. The van der Waals surface area contributed by atoms with Gasteiger partial charge in [-0.05, 0) is 42.0 Å². The molecule has 3 rings (SSSR count). The van der Waals surface area contributed by atoms with Crippen molar-refractivity contribution in [2.24, 2.45) is 0 Å². The third-order valence-corrected chi connectivity index (χ3v) is 4.14. The number of carbonyl (C=O) groups excluding carboxylic acids is 1. The molecule has 25 heavy (non-hydrogen) atoms. The molecule has 2 aromatic carbocycles. The van der Waals surface area contributed by atoms with E-state index < -0.39 is 0 Å². The van der Waals surface area contributed by atoms with E-state index in [1.165, 1.54) is 0 Å². The van der Waals surface area contributed by atoms with Gasteiger partial charge in [0, 0.05) is 24.0 Å². The number of hydrogen-bond donors (Lipinski definition) is 1. The van der Waals surface area contributed by atoms with Gasteiger partial charge in [0.15, 0.2) is 0 Å². The average molecular weight is 352 g/mol. The van der Waals surface area contributed by atoms with Gasteiger partial charge in [-0.3, -0.25) is 4.98 Å². The van der Waals surface area contributed by atoms with E-state index >= 15 is 0 Å². The van der Waals surface area contributed by atoms with Crippen LogP contribution in [0.3, 0.4) is 0 Å². The first-order chi connectivity index (χ1) is 12.1. The van der Waals surface area contributed by atoms with Crippen LogP contribution in [0.15, 0.2) is 79.0 Å². The fourth-order valence-corrected chi connectivity index (χ4v) is 2.75. The van der Waals surface area contributed by atoms with Gasteiger partial charge in [-0.1, -0.05) is 48.0 Å². The maximum atomic E-state index is 12.7. The first-order valence-electron chi connectivity index (χ1n) is 7.90. The summed E-state index contributed by atoms with van der Waals surface area (Å²) in [6, 6.07) is 22.1. The zero-order valence-electron chi connectivity index (χ0n) is 13.8. The van der Waals surface area contributed by atoms with Crippen molar-refractivity contribution in [2.75, 3.05) is 12.4 Å². The second-order valence-electron chi connectivity index (χ2n) is 5.62. The Labute approximate surface area is 152 Å². The molecule has 0 aliphatic rings. The number of benzene rings is 2. The lowest BCUT2D eigenvalue weighted by atomic mass is 10.0. The highest BCUT2D eigenvalue weighted by Gasteiger charge is 2.24. The number of anilines is 1. The van der Waals surface area contributed by atoms with Gasteiger partial charge in [-0.25, -0.2) is 4.79 Å². The minimum absolute atomic E-state index is 0.221. The molecule has 1 N–H and O–H groups in total. The van der Waals surface area contributed by atoms with Crippen molar-refractivity contribution in [1.29, 1.82) is 0 Å². The molecule has 1 aromatic heterocycles. The Hall–Kier alpha value is -2.85. The molecule has 0 radical (unpaired) electrons. The molecule has 0 saturated carbocycles. The van der Waals surface area contributed by atoms with Crippen molar-refractivity contribution >= 4 is 23.3 Å². The van der Waals surface area contributed by atoms with Crippen LogP contribution in [0.5, 0.6) is 0 Å². The van der Waals surface area contributed by atoms with E-state index in [1.54, 1.807) is 42.4 Å². The van der Waals surface area contributed by atoms with Gasteiger partial charge in [0.1, 0.15) is 6.04 Å². The minimum atomic E-state index is -0.283. The standard InChI is InChI=1S/C20H18ClN3O/c1-24(20(25)23-17-12-10-16(21)11-13-17)19(15-7-3-2-4-8-15)18-9-5-6-14-22-18/h2-14,19H,1H3,(H,23,25)/t19-/m0/s1. The Kier molecular flexibility index (Phi) is 5.31. The monoisotopic (exact) mass is 351 g/mol. The van der Waals surface area contributed by atoms with E-state index in [0.717, 1.165) is 11.3 Å². The van der Waals surface area contributed by atoms with Crippen LogP contribution in [0.25, 0.3) is 0 Å². The minimum Gasteiger partial charge on any atom is -0.315 e. The van der Waals surface area contributed by atoms with Gasteiger partial charge in [0.05, 0.1) is 5.69 Å². The molecule has 1 atom stereocenters. The molecular formula is C20H18ClN3O. The normalized spacial score (nSPS) is 11.6. The second-order valence-corrected chi connectivity index (χ2v) is 6.05. The summed E-state index contributed by atoms with van der Waals surface area (Å²) in [5.41, 5.74) is 2.49. The van der Waals surface area contributed by atoms with Crippen LogP contribution in [0.2, 0.25) is 5.02 Å². The lowest BCUT2D eigenvalue weighted by molar-refractivity contribution is 0.211. The van der Waals surface area contributed by atoms with Gasteiger partial charge in [-0.2, -0.15) is 0 Å². The first-order valence-corrected chi connectivity index (χ1v) is 8.28. The Morgan fingerprint density at radius 2 is 1.68 bits per heavy atom. The molecule has 0 bridgehead atoms. The molecule has 126 valence electrons. The Bertz CT molecular complexity index is 783. The molecule has 0 fully saturated rings. The highest BCUT2D eigenvalue weighted by molar-refractivity contribution is 6.30. The van der Waals surface area contributed by atoms with E-state index in [1.807, 2.05) is 48.5 Å². The molecule has 1 heterocycles.